The first-order valence-electron chi connectivity index (χ1n) is 8.61. The van der Waals surface area contributed by atoms with Crippen molar-refractivity contribution in [3.63, 3.8) is 0 Å². The Morgan fingerprint density at radius 3 is 1.26 bits per heavy atom. The second kappa shape index (κ2) is 8.98. The minimum Gasteiger partial charge on any atom is -0.292 e. The molecule has 0 aliphatic carbocycles. The van der Waals surface area contributed by atoms with Crippen LogP contribution in [0.15, 0.2) is 91.0 Å². The lowest BCUT2D eigenvalue weighted by Crippen LogP contribution is -2.34. The van der Waals surface area contributed by atoms with Gasteiger partial charge in [0.1, 0.15) is 10.8 Å². The van der Waals surface area contributed by atoms with Gasteiger partial charge in [0.25, 0.3) is 0 Å². The summed E-state index contributed by atoms with van der Waals surface area (Å²) >= 11 is 13.2. The second-order valence-electron chi connectivity index (χ2n) is 6.20. The van der Waals surface area contributed by atoms with E-state index in [9.17, 15) is 9.59 Å². The summed E-state index contributed by atoms with van der Waals surface area (Å²) in [5.41, 5.74) is 1.75. The summed E-state index contributed by atoms with van der Waals surface area (Å²) in [6, 6.07) is 26.9. The van der Waals surface area contributed by atoms with E-state index in [1.807, 2.05) is 42.5 Å². The lowest BCUT2D eigenvalue weighted by molar-refractivity contribution is 0.0951. The number of carbonyl (C=O) groups excluding carboxylic acids is 2. The molecule has 3 atom stereocenters. The van der Waals surface area contributed by atoms with Gasteiger partial charge in [0, 0.05) is 17.0 Å². The Hall–Kier alpha value is -2.42. The van der Waals surface area contributed by atoms with Crippen molar-refractivity contribution in [3.05, 3.63) is 108 Å². The molecule has 3 rings (SSSR count). The van der Waals surface area contributed by atoms with Crippen LogP contribution in [0.25, 0.3) is 0 Å². The number of hydrogen-bond acceptors (Lipinski definition) is 2. The molecule has 3 aromatic rings. The molecule has 0 aromatic heterocycles. The Morgan fingerprint density at radius 2 is 0.889 bits per heavy atom. The first kappa shape index (κ1) is 19.3. The van der Waals surface area contributed by atoms with E-state index < -0.39 is 16.7 Å². The molecule has 27 heavy (non-hydrogen) atoms. The summed E-state index contributed by atoms with van der Waals surface area (Å²) in [4.78, 5) is 25.8. The zero-order valence-corrected chi connectivity index (χ0v) is 16.0. The maximum absolute atomic E-state index is 12.9. The number of Topliss-reactive ketones (excluding diaryl/α,β-unsaturated/α-hetero) is 2. The lowest BCUT2D eigenvalue weighted by atomic mass is 9.85. The van der Waals surface area contributed by atoms with Crippen molar-refractivity contribution >= 4 is 34.8 Å². The van der Waals surface area contributed by atoms with Crippen LogP contribution in [0.5, 0.6) is 0 Å². The molecule has 0 saturated carbocycles. The third kappa shape index (κ3) is 4.47. The average molecular weight is 397 g/mol. The Bertz CT molecular complexity index is 838. The van der Waals surface area contributed by atoms with Crippen molar-refractivity contribution < 1.29 is 9.59 Å². The molecule has 0 saturated heterocycles. The molecule has 3 aromatic carbocycles. The second-order valence-corrected chi connectivity index (χ2v) is 7.14. The first-order chi connectivity index (χ1) is 13.1. The topological polar surface area (TPSA) is 34.1 Å². The van der Waals surface area contributed by atoms with Gasteiger partial charge in [-0.2, -0.15) is 0 Å². The molecular formula is C23H18Cl2O2. The zero-order chi connectivity index (χ0) is 19.2. The number of rotatable bonds is 7. The fourth-order valence-electron chi connectivity index (χ4n) is 3.01. The van der Waals surface area contributed by atoms with Gasteiger partial charge in [0.05, 0.1) is 0 Å². The zero-order valence-electron chi connectivity index (χ0n) is 14.5. The number of carbonyl (C=O) groups is 2. The minimum atomic E-state index is -0.968. The lowest BCUT2D eigenvalue weighted by Gasteiger charge is -2.26. The Kier molecular flexibility index (Phi) is 6.44. The van der Waals surface area contributed by atoms with Gasteiger partial charge < -0.3 is 0 Å². The van der Waals surface area contributed by atoms with Gasteiger partial charge in [0.2, 0.25) is 0 Å². The van der Waals surface area contributed by atoms with Crippen LogP contribution in [-0.2, 0) is 0 Å². The van der Waals surface area contributed by atoms with E-state index in [-0.39, 0.29) is 11.6 Å². The highest BCUT2D eigenvalue weighted by Crippen LogP contribution is 2.34. The van der Waals surface area contributed by atoms with Crippen LogP contribution < -0.4 is 0 Å². The van der Waals surface area contributed by atoms with E-state index in [1.165, 1.54) is 0 Å². The van der Waals surface area contributed by atoms with Gasteiger partial charge in [-0.1, -0.05) is 91.0 Å². The summed E-state index contributed by atoms with van der Waals surface area (Å²) in [7, 11) is 0. The maximum Gasteiger partial charge on any atom is 0.181 e. The molecular weight excluding hydrogens is 379 g/mol. The van der Waals surface area contributed by atoms with Gasteiger partial charge in [-0.15, -0.1) is 23.2 Å². The van der Waals surface area contributed by atoms with Crippen LogP contribution in [0.1, 0.15) is 32.2 Å². The van der Waals surface area contributed by atoms with Crippen LogP contribution >= 0.6 is 23.2 Å². The van der Waals surface area contributed by atoms with E-state index in [0.717, 1.165) is 5.56 Å². The summed E-state index contributed by atoms with van der Waals surface area (Å²) in [5.74, 6) is -1.16. The predicted molar refractivity (Wildman–Crippen MR) is 110 cm³/mol. The van der Waals surface area contributed by atoms with E-state index in [0.29, 0.717) is 11.1 Å². The van der Waals surface area contributed by atoms with Crippen LogP contribution in [0.3, 0.4) is 0 Å². The molecule has 4 heteroatoms. The molecule has 0 fully saturated rings. The summed E-state index contributed by atoms with van der Waals surface area (Å²) in [6.45, 7) is 0. The fraction of sp³-hybridized carbons (Fsp3) is 0.130. The van der Waals surface area contributed by atoms with Gasteiger partial charge in [-0.25, -0.2) is 0 Å². The van der Waals surface area contributed by atoms with E-state index >= 15 is 0 Å². The molecule has 0 heterocycles. The number of halogens is 2. The SMILES string of the molecule is O=C(c1ccccc1)[C@@H](Cl)C(c1ccccc1)[C@@H](Cl)C(=O)c1ccccc1. The molecule has 0 aliphatic rings. The third-order valence-electron chi connectivity index (χ3n) is 4.43. The van der Waals surface area contributed by atoms with Crippen LogP contribution in [0, 0.1) is 0 Å². The number of ketones is 2. The van der Waals surface area contributed by atoms with Gasteiger partial charge in [-0.3, -0.25) is 9.59 Å². The third-order valence-corrected chi connectivity index (χ3v) is 5.37. The van der Waals surface area contributed by atoms with Gasteiger partial charge >= 0.3 is 0 Å². The van der Waals surface area contributed by atoms with Crippen molar-refractivity contribution in [2.24, 2.45) is 0 Å². The fourth-order valence-corrected chi connectivity index (χ4v) is 3.92. The summed E-state index contributed by atoms with van der Waals surface area (Å²) < 4.78 is 0. The van der Waals surface area contributed by atoms with E-state index in [4.69, 9.17) is 23.2 Å². The highest BCUT2D eigenvalue weighted by Gasteiger charge is 2.37. The van der Waals surface area contributed by atoms with Gasteiger partial charge in [0.15, 0.2) is 11.6 Å². The Labute approximate surface area is 168 Å². The van der Waals surface area contributed by atoms with Gasteiger partial charge in [-0.05, 0) is 5.56 Å². The number of alkyl halides is 2. The molecule has 136 valence electrons. The van der Waals surface area contributed by atoms with Crippen molar-refractivity contribution in [2.45, 2.75) is 16.7 Å². The molecule has 1 unspecified atom stereocenters. The molecule has 0 spiro atoms. The Balaban J connectivity index is 1.96. The average Bonchev–Trinajstić information content (AvgIpc) is 2.74. The molecule has 2 nitrogen and oxygen atoms in total. The van der Waals surface area contributed by atoms with E-state index in [2.05, 4.69) is 0 Å². The maximum atomic E-state index is 12.9. The van der Waals surface area contributed by atoms with Crippen LogP contribution in [0.4, 0.5) is 0 Å². The number of hydrogen-bond donors (Lipinski definition) is 0. The molecule has 0 radical (unpaired) electrons. The molecule has 0 amide bonds. The Morgan fingerprint density at radius 1 is 0.556 bits per heavy atom. The monoisotopic (exact) mass is 396 g/mol. The molecule has 0 N–H and O–H groups in total. The highest BCUT2D eigenvalue weighted by molar-refractivity contribution is 6.39. The molecule has 0 bridgehead atoms. The summed E-state index contributed by atoms with van der Waals surface area (Å²) in [5, 5.41) is -1.94. The summed E-state index contributed by atoms with van der Waals surface area (Å²) in [6.07, 6.45) is 0. The first-order valence-corrected chi connectivity index (χ1v) is 9.48. The number of benzene rings is 3. The van der Waals surface area contributed by atoms with Crippen molar-refractivity contribution in [2.75, 3.05) is 0 Å². The predicted octanol–water partition coefficient (Wildman–Crippen LogP) is 5.75. The largest absolute Gasteiger partial charge is 0.292 e. The van der Waals surface area contributed by atoms with Crippen molar-refractivity contribution in [1.82, 2.24) is 0 Å². The van der Waals surface area contributed by atoms with Crippen LogP contribution in [-0.4, -0.2) is 22.3 Å². The smallest absolute Gasteiger partial charge is 0.181 e. The molecule has 0 aliphatic heterocycles. The van der Waals surface area contributed by atoms with E-state index in [1.54, 1.807) is 48.5 Å². The highest BCUT2D eigenvalue weighted by atomic mass is 35.5. The van der Waals surface area contributed by atoms with Crippen LogP contribution in [0.2, 0.25) is 0 Å². The van der Waals surface area contributed by atoms with Crippen molar-refractivity contribution in [1.29, 1.82) is 0 Å². The minimum absolute atomic E-state index is 0.252. The normalized spacial score (nSPS) is 14.1. The quantitative estimate of drug-likeness (QED) is 0.376. The standard InChI is InChI=1S/C23H18Cl2O2/c24-20(22(26)17-12-6-2-7-13-17)19(16-10-4-1-5-11-16)21(25)23(27)18-14-8-3-9-15-18/h1-15,19-21H/t19?,20-,21+. The van der Waals surface area contributed by atoms with Crippen molar-refractivity contribution in [3.8, 4) is 0 Å².